The Bertz CT molecular complexity index is 1160. The van der Waals surface area contributed by atoms with Crippen LogP contribution >= 0.6 is 7.82 Å². The monoisotopic (exact) mass is 763 g/mol. The molecule has 0 rings (SSSR count). The number of phosphoric ester groups is 1. The Hall–Kier alpha value is -2.85. The Morgan fingerprint density at radius 2 is 1.09 bits per heavy atom. The van der Waals surface area contributed by atoms with Crippen molar-refractivity contribution >= 4 is 19.8 Å². The molecule has 0 aromatic carbocycles. The summed E-state index contributed by atoms with van der Waals surface area (Å²) in [4.78, 5) is 33.4. The zero-order valence-corrected chi connectivity index (χ0v) is 33.5. The summed E-state index contributed by atoms with van der Waals surface area (Å²) in [6, 6.07) is -1.49. The van der Waals surface area contributed by atoms with Gasteiger partial charge in [0.15, 0.2) is 0 Å². The molecule has 0 heterocycles. The van der Waals surface area contributed by atoms with Crippen LogP contribution in [0.2, 0.25) is 0 Å². The molecule has 0 aromatic heterocycles. The Morgan fingerprint density at radius 3 is 1.66 bits per heavy atom. The van der Waals surface area contributed by atoms with E-state index in [9.17, 15) is 19.0 Å². The number of allylic oxidation sites excluding steroid dienone is 14. The lowest BCUT2D eigenvalue weighted by molar-refractivity contribution is -0.154. The largest absolute Gasteiger partial charge is 0.480 e. The number of carboxylic acids is 1. The second kappa shape index (κ2) is 37.5. The highest BCUT2D eigenvalue weighted by Crippen LogP contribution is 2.43. The SMILES string of the molecule is CC/C=C\C/C=C\C/C=C\C/C=C\C/C=C\C/C=C\CCCOCC(COP(=O)(O)OCC(N)C(=O)O)OC(=O)CCCCCCC/C=C\CCCC. The van der Waals surface area contributed by atoms with Crippen molar-refractivity contribution in [1.29, 1.82) is 0 Å². The molecule has 53 heavy (non-hydrogen) atoms. The van der Waals surface area contributed by atoms with E-state index < -0.39 is 45.1 Å². The smallest absolute Gasteiger partial charge is 0.472 e. The average molecular weight is 764 g/mol. The number of unbranched alkanes of at least 4 members (excludes halogenated alkanes) is 8. The van der Waals surface area contributed by atoms with Crippen molar-refractivity contribution in [3.05, 3.63) is 85.1 Å². The van der Waals surface area contributed by atoms with Crippen molar-refractivity contribution in [1.82, 2.24) is 0 Å². The first-order valence-corrected chi connectivity index (χ1v) is 21.1. The van der Waals surface area contributed by atoms with Gasteiger partial charge in [0.1, 0.15) is 12.1 Å². The van der Waals surface area contributed by atoms with E-state index in [0.29, 0.717) is 13.0 Å². The number of aliphatic carboxylic acids is 1. The number of esters is 1. The van der Waals surface area contributed by atoms with Gasteiger partial charge in [-0.3, -0.25) is 18.6 Å². The highest BCUT2D eigenvalue weighted by Gasteiger charge is 2.27. The van der Waals surface area contributed by atoms with Gasteiger partial charge in [0.2, 0.25) is 0 Å². The molecular formula is C42H70NO9P. The summed E-state index contributed by atoms with van der Waals surface area (Å²) in [5, 5.41) is 8.87. The van der Waals surface area contributed by atoms with Crippen molar-refractivity contribution in [3.8, 4) is 0 Å². The number of phosphoric acid groups is 1. The van der Waals surface area contributed by atoms with Gasteiger partial charge in [0.05, 0.1) is 19.8 Å². The summed E-state index contributed by atoms with van der Waals surface area (Å²) >= 11 is 0. The van der Waals surface area contributed by atoms with Gasteiger partial charge in [-0.2, -0.15) is 0 Å². The molecule has 3 atom stereocenters. The first-order valence-electron chi connectivity index (χ1n) is 19.6. The third kappa shape index (κ3) is 37.3. The van der Waals surface area contributed by atoms with Gasteiger partial charge < -0.3 is 25.2 Å². The summed E-state index contributed by atoms with van der Waals surface area (Å²) in [5.41, 5.74) is 5.33. The first-order chi connectivity index (χ1) is 25.7. The summed E-state index contributed by atoms with van der Waals surface area (Å²) < 4.78 is 33.1. The highest BCUT2D eigenvalue weighted by atomic mass is 31.2. The second-order valence-corrected chi connectivity index (χ2v) is 14.1. The normalized spacial score (nSPS) is 14.9. The van der Waals surface area contributed by atoms with E-state index in [4.69, 9.17) is 24.8 Å². The van der Waals surface area contributed by atoms with E-state index in [-0.39, 0.29) is 13.0 Å². The summed E-state index contributed by atoms with van der Waals surface area (Å²) in [7, 11) is -4.63. The van der Waals surface area contributed by atoms with Crippen LogP contribution in [0.25, 0.3) is 0 Å². The number of rotatable bonds is 36. The highest BCUT2D eigenvalue weighted by molar-refractivity contribution is 7.47. The van der Waals surface area contributed by atoms with Crippen molar-refractivity contribution in [3.63, 3.8) is 0 Å². The molecule has 11 heteroatoms. The molecule has 302 valence electrons. The fourth-order valence-electron chi connectivity index (χ4n) is 4.60. The van der Waals surface area contributed by atoms with Crippen molar-refractivity contribution < 1.29 is 42.7 Å². The fraction of sp³-hybridized carbons (Fsp3) is 0.619. The van der Waals surface area contributed by atoms with Gasteiger partial charge >= 0.3 is 19.8 Å². The molecule has 0 aliphatic heterocycles. The van der Waals surface area contributed by atoms with E-state index in [1.165, 1.54) is 12.8 Å². The number of hydrogen-bond acceptors (Lipinski definition) is 8. The minimum atomic E-state index is -4.63. The number of ether oxygens (including phenoxy) is 2. The van der Waals surface area contributed by atoms with Crippen LogP contribution in [0.3, 0.4) is 0 Å². The molecule has 0 amide bonds. The summed E-state index contributed by atoms with van der Waals surface area (Å²) in [6.07, 6.45) is 46.5. The second-order valence-electron chi connectivity index (χ2n) is 12.7. The molecule has 0 saturated heterocycles. The van der Waals surface area contributed by atoms with E-state index in [0.717, 1.165) is 89.9 Å². The molecular weight excluding hydrogens is 693 g/mol. The predicted molar refractivity (Wildman–Crippen MR) is 216 cm³/mol. The molecule has 10 nitrogen and oxygen atoms in total. The van der Waals surface area contributed by atoms with Crippen LogP contribution in [-0.2, 0) is 32.7 Å². The number of carbonyl (C=O) groups excluding carboxylic acids is 1. The fourth-order valence-corrected chi connectivity index (χ4v) is 5.38. The Balaban J connectivity index is 4.41. The molecule has 0 aromatic rings. The van der Waals surface area contributed by atoms with E-state index in [1.807, 2.05) is 0 Å². The van der Waals surface area contributed by atoms with Crippen LogP contribution in [0.4, 0.5) is 0 Å². The van der Waals surface area contributed by atoms with Crippen molar-refractivity contribution in [2.45, 2.75) is 142 Å². The maximum absolute atomic E-state index is 12.5. The predicted octanol–water partition coefficient (Wildman–Crippen LogP) is 10.4. The van der Waals surface area contributed by atoms with Crippen molar-refractivity contribution in [2.75, 3.05) is 26.4 Å². The Labute approximate surface area is 320 Å². The molecule has 4 N–H and O–H groups in total. The number of carbonyl (C=O) groups is 2. The van der Waals surface area contributed by atoms with Crippen LogP contribution in [-0.4, -0.2) is 60.5 Å². The molecule has 0 spiro atoms. The zero-order valence-electron chi connectivity index (χ0n) is 32.6. The molecule has 0 fully saturated rings. The van der Waals surface area contributed by atoms with E-state index in [2.05, 4.69) is 103 Å². The third-order valence-corrected chi connectivity index (χ3v) is 8.61. The number of carboxylic acid groups (broad SMARTS) is 1. The summed E-state index contributed by atoms with van der Waals surface area (Å²) in [5.74, 6) is -1.82. The first kappa shape index (κ1) is 50.1. The van der Waals surface area contributed by atoms with Crippen LogP contribution in [0.1, 0.15) is 129 Å². The molecule has 0 radical (unpaired) electrons. The standard InChI is InChI=1S/C42H70NO9P/c1-3-5-7-9-11-13-15-16-17-18-19-20-21-22-23-25-27-29-31-33-35-49-36-39(37-50-53(47,48)51-38-40(43)42(45)46)52-41(44)34-32-30-28-26-24-14-12-10-8-6-4-2/h5,7,10-13,16-17,19-20,22-23,27,29,39-40H,3-4,6,8-9,14-15,18,21,24-26,28,30-38,43H2,1-2H3,(H,45,46)(H,47,48)/b7-5-,12-10-,13-11-,17-16-,20-19-,23-22-,29-27-. The van der Waals surface area contributed by atoms with E-state index in [1.54, 1.807) is 0 Å². The Morgan fingerprint density at radius 1 is 0.623 bits per heavy atom. The van der Waals surface area contributed by atoms with Crippen LogP contribution < -0.4 is 5.73 Å². The average Bonchev–Trinajstić information content (AvgIpc) is 3.13. The maximum Gasteiger partial charge on any atom is 0.472 e. The van der Waals surface area contributed by atoms with Crippen molar-refractivity contribution in [2.24, 2.45) is 5.73 Å². The molecule has 0 aliphatic rings. The molecule has 0 saturated carbocycles. The van der Waals surface area contributed by atoms with Gasteiger partial charge in [0, 0.05) is 13.0 Å². The number of nitrogens with two attached hydrogens (primary N) is 1. The third-order valence-electron chi connectivity index (χ3n) is 7.66. The quantitative estimate of drug-likeness (QED) is 0.0243. The molecule has 3 unspecified atom stereocenters. The zero-order chi connectivity index (χ0) is 39.1. The molecule has 0 bridgehead atoms. The topological polar surface area (TPSA) is 155 Å². The van der Waals surface area contributed by atoms with Gasteiger partial charge in [-0.1, -0.05) is 131 Å². The Kier molecular flexibility index (Phi) is 35.5. The van der Waals surface area contributed by atoms with Crippen LogP contribution in [0.5, 0.6) is 0 Å². The lowest BCUT2D eigenvalue weighted by atomic mass is 10.1. The minimum absolute atomic E-state index is 0.0318. The minimum Gasteiger partial charge on any atom is -0.480 e. The van der Waals surface area contributed by atoms with Gasteiger partial charge in [0.25, 0.3) is 0 Å². The van der Waals surface area contributed by atoms with Gasteiger partial charge in [-0.05, 0) is 77.0 Å². The lowest BCUT2D eigenvalue weighted by Gasteiger charge is -2.20. The lowest BCUT2D eigenvalue weighted by Crippen LogP contribution is -2.34. The summed E-state index contributed by atoms with van der Waals surface area (Å²) in [6.45, 7) is 3.52. The number of hydrogen-bond donors (Lipinski definition) is 3. The van der Waals surface area contributed by atoms with Gasteiger partial charge in [-0.25, -0.2) is 4.57 Å². The molecule has 0 aliphatic carbocycles. The van der Waals surface area contributed by atoms with Gasteiger partial charge in [-0.15, -0.1) is 0 Å². The van der Waals surface area contributed by atoms with Crippen LogP contribution in [0.15, 0.2) is 85.1 Å². The van der Waals surface area contributed by atoms with Crippen LogP contribution in [0, 0.1) is 0 Å². The maximum atomic E-state index is 12.5. The van der Waals surface area contributed by atoms with E-state index >= 15 is 0 Å².